The maximum Gasteiger partial charge on any atom is 0.178 e. The van der Waals surface area contributed by atoms with Crippen LogP contribution in [0.1, 0.15) is 51.3 Å². The van der Waals surface area contributed by atoms with Crippen molar-refractivity contribution < 1.29 is 0 Å². The van der Waals surface area contributed by atoms with Gasteiger partial charge in [-0.3, -0.25) is 0 Å². The van der Waals surface area contributed by atoms with Crippen molar-refractivity contribution in [2.75, 3.05) is 9.80 Å². The van der Waals surface area contributed by atoms with Crippen LogP contribution in [0.15, 0.2) is 67.0 Å². The van der Waals surface area contributed by atoms with Gasteiger partial charge >= 0.3 is 0 Å². The molecule has 2 aromatic carbocycles. The van der Waals surface area contributed by atoms with Crippen LogP contribution < -0.4 is 9.80 Å². The van der Waals surface area contributed by atoms with Gasteiger partial charge in [-0.15, -0.1) is 0 Å². The van der Waals surface area contributed by atoms with E-state index in [0.717, 1.165) is 11.6 Å². The minimum Gasteiger partial charge on any atom is -0.301 e. The molecule has 0 bridgehead atoms. The summed E-state index contributed by atoms with van der Waals surface area (Å²) < 4.78 is 0. The maximum absolute atomic E-state index is 4.84. The van der Waals surface area contributed by atoms with E-state index in [1.807, 2.05) is 0 Å². The zero-order chi connectivity index (χ0) is 22.6. The Morgan fingerprint density at radius 1 is 0.906 bits per heavy atom. The number of nitrogens with zero attached hydrogens (tertiary/aromatic N) is 4. The Hall–Kier alpha value is -3.14. The number of para-hydroxylation sites is 1. The first-order chi connectivity index (χ1) is 15.1. The molecule has 6 rings (SSSR count). The van der Waals surface area contributed by atoms with Crippen LogP contribution in [0.5, 0.6) is 0 Å². The summed E-state index contributed by atoms with van der Waals surface area (Å²) in [7, 11) is 0. The monoisotopic (exact) mass is 422 g/mol. The predicted octanol–water partition coefficient (Wildman–Crippen LogP) is 6.55. The minimum absolute atomic E-state index is 0.0477. The van der Waals surface area contributed by atoms with Crippen molar-refractivity contribution in [3.8, 4) is 0 Å². The number of aryl methyl sites for hydroxylation is 1. The van der Waals surface area contributed by atoms with E-state index in [9.17, 15) is 0 Å². The molecule has 4 nitrogen and oxygen atoms in total. The fourth-order valence-corrected chi connectivity index (χ4v) is 6.13. The fourth-order valence-electron chi connectivity index (χ4n) is 6.13. The second kappa shape index (κ2) is 5.80. The third kappa shape index (κ3) is 2.08. The molecule has 162 valence electrons. The second-order valence-corrected chi connectivity index (χ2v) is 10.9. The lowest BCUT2D eigenvalue weighted by molar-refractivity contribution is 0.375. The van der Waals surface area contributed by atoms with Crippen LogP contribution in [0.2, 0.25) is 0 Å². The molecule has 3 aromatic rings. The van der Waals surface area contributed by atoms with E-state index < -0.39 is 0 Å². The number of fused-ring (bicyclic) bond motifs is 8. The largest absolute Gasteiger partial charge is 0.301 e. The van der Waals surface area contributed by atoms with E-state index in [-0.39, 0.29) is 22.4 Å². The van der Waals surface area contributed by atoms with Crippen molar-refractivity contribution in [1.29, 1.82) is 0 Å². The van der Waals surface area contributed by atoms with Crippen molar-refractivity contribution in [2.24, 2.45) is 5.41 Å². The normalized spacial score (nSPS) is 27.6. The Morgan fingerprint density at radius 3 is 2.16 bits per heavy atom. The molecule has 1 fully saturated rings. The van der Waals surface area contributed by atoms with Crippen molar-refractivity contribution in [3.63, 3.8) is 0 Å². The summed E-state index contributed by atoms with van der Waals surface area (Å²) in [5.74, 6) is 1.84. The molecule has 1 saturated carbocycles. The first-order valence-electron chi connectivity index (χ1n) is 11.4. The molecule has 3 atom stereocenters. The predicted molar refractivity (Wildman–Crippen MR) is 131 cm³/mol. The van der Waals surface area contributed by atoms with E-state index >= 15 is 0 Å². The van der Waals surface area contributed by atoms with Gasteiger partial charge in [0.15, 0.2) is 11.6 Å². The average Bonchev–Trinajstić information content (AvgIpc) is 3.06. The Bertz CT molecular complexity index is 1300. The van der Waals surface area contributed by atoms with E-state index in [4.69, 9.17) is 9.97 Å². The van der Waals surface area contributed by atoms with Crippen molar-refractivity contribution in [3.05, 3.63) is 83.7 Å². The molecule has 0 amide bonds. The molecule has 0 radical (unpaired) electrons. The summed E-state index contributed by atoms with van der Waals surface area (Å²) >= 11 is 0. The number of aromatic nitrogens is 2. The van der Waals surface area contributed by atoms with Gasteiger partial charge in [-0.2, -0.15) is 0 Å². The SMILES string of the molecule is C=C1C2(C)c3cc(C(C)(C)C)ccc3N3c4nccnc4N(c4ccccc4C)C3C12C. The second-order valence-electron chi connectivity index (χ2n) is 10.9. The van der Waals surface area contributed by atoms with E-state index in [1.54, 1.807) is 12.4 Å². The molecule has 1 aliphatic carbocycles. The molecule has 4 heteroatoms. The zero-order valence-electron chi connectivity index (χ0n) is 19.8. The van der Waals surface area contributed by atoms with Crippen LogP contribution in [0.25, 0.3) is 0 Å². The first kappa shape index (κ1) is 19.5. The van der Waals surface area contributed by atoms with Gasteiger partial charge in [0.1, 0.15) is 6.17 Å². The van der Waals surface area contributed by atoms with Gasteiger partial charge in [-0.25, -0.2) is 9.97 Å². The lowest BCUT2D eigenvalue weighted by Crippen LogP contribution is -2.50. The minimum atomic E-state index is -0.124. The molecule has 1 aromatic heterocycles. The van der Waals surface area contributed by atoms with Crippen LogP contribution in [0.4, 0.5) is 23.0 Å². The highest BCUT2D eigenvalue weighted by molar-refractivity contribution is 5.91. The molecule has 32 heavy (non-hydrogen) atoms. The summed E-state index contributed by atoms with van der Waals surface area (Å²) in [6.45, 7) is 18.4. The first-order valence-corrected chi connectivity index (χ1v) is 11.4. The summed E-state index contributed by atoms with van der Waals surface area (Å²) in [5.41, 5.74) is 7.51. The molecule has 3 heterocycles. The van der Waals surface area contributed by atoms with Crippen LogP contribution in [0, 0.1) is 12.3 Å². The smallest absolute Gasteiger partial charge is 0.178 e. The Balaban J connectivity index is 1.66. The van der Waals surface area contributed by atoms with Gasteiger partial charge in [-0.05, 0) is 41.2 Å². The van der Waals surface area contributed by atoms with Crippen LogP contribution in [0.3, 0.4) is 0 Å². The molecule has 0 saturated heterocycles. The summed E-state index contributed by atoms with van der Waals surface area (Å²) in [4.78, 5) is 14.5. The van der Waals surface area contributed by atoms with Crippen LogP contribution in [-0.2, 0) is 10.8 Å². The zero-order valence-corrected chi connectivity index (χ0v) is 19.8. The highest BCUT2D eigenvalue weighted by atomic mass is 15.5. The van der Waals surface area contributed by atoms with Gasteiger partial charge < -0.3 is 9.80 Å². The number of rotatable bonds is 1. The number of anilines is 4. The lowest BCUT2D eigenvalue weighted by atomic mass is 9.77. The van der Waals surface area contributed by atoms with Gasteiger partial charge in [-0.1, -0.05) is 77.1 Å². The molecule has 0 spiro atoms. The summed E-state index contributed by atoms with van der Waals surface area (Å²) in [6, 6.07) is 15.5. The topological polar surface area (TPSA) is 32.3 Å². The lowest BCUT2D eigenvalue weighted by Gasteiger charge is -2.44. The highest BCUT2D eigenvalue weighted by Crippen LogP contribution is 2.77. The van der Waals surface area contributed by atoms with Gasteiger partial charge in [0.05, 0.1) is 0 Å². The summed E-state index contributed by atoms with van der Waals surface area (Å²) in [6.07, 6.45) is 3.65. The Labute approximate surface area is 190 Å². The molecule has 3 unspecified atom stereocenters. The standard InChI is InChI=1S/C28H30N4/c1-17-10-8-9-11-21(17)31-23-24(30-15-14-29-23)32-22-13-12-19(26(3,4)5)16-20(22)27(6)18(2)28(27,7)25(31)32/h8-16,25H,2H2,1,3-7H3. The van der Waals surface area contributed by atoms with Gasteiger partial charge in [0.25, 0.3) is 0 Å². The average molecular weight is 423 g/mol. The number of hydrogen-bond donors (Lipinski definition) is 0. The molecule has 2 aliphatic heterocycles. The number of hydrogen-bond acceptors (Lipinski definition) is 4. The quantitative estimate of drug-likeness (QED) is 0.417. The molecule has 3 aliphatic rings. The highest BCUT2D eigenvalue weighted by Gasteiger charge is 2.76. The maximum atomic E-state index is 4.84. The molecule has 0 N–H and O–H groups in total. The van der Waals surface area contributed by atoms with E-state index in [2.05, 4.69) is 100 Å². The van der Waals surface area contributed by atoms with Crippen molar-refractivity contribution in [2.45, 2.75) is 58.5 Å². The van der Waals surface area contributed by atoms with Crippen LogP contribution >= 0.6 is 0 Å². The Kier molecular flexibility index (Phi) is 3.54. The van der Waals surface area contributed by atoms with Crippen LogP contribution in [-0.4, -0.2) is 16.1 Å². The van der Waals surface area contributed by atoms with Gasteiger partial charge in [0.2, 0.25) is 0 Å². The number of benzene rings is 2. The molecular formula is C28H30N4. The van der Waals surface area contributed by atoms with Crippen molar-refractivity contribution in [1.82, 2.24) is 9.97 Å². The van der Waals surface area contributed by atoms with Crippen molar-refractivity contribution >= 4 is 23.0 Å². The van der Waals surface area contributed by atoms with E-state index in [0.29, 0.717) is 0 Å². The van der Waals surface area contributed by atoms with E-state index in [1.165, 1.54) is 33.6 Å². The summed E-state index contributed by atoms with van der Waals surface area (Å²) in [5, 5.41) is 0. The fraction of sp³-hybridized carbons (Fsp3) is 0.357. The third-order valence-corrected chi connectivity index (χ3v) is 8.36. The van der Waals surface area contributed by atoms with Gasteiger partial charge in [0, 0.05) is 34.6 Å². The third-order valence-electron chi connectivity index (χ3n) is 8.36. The Morgan fingerprint density at radius 2 is 1.53 bits per heavy atom. The molecular weight excluding hydrogens is 392 g/mol.